The summed E-state index contributed by atoms with van der Waals surface area (Å²) in [6, 6.07) is 20.6. The summed E-state index contributed by atoms with van der Waals surface area (Å²) in [5.74, 6) is -0.0883. The number of alkyl halides is 6. The van der Waals surface area contributed by atoms with E-state index in [4.69, 9.17) is 25.8 Å². The minimum absolute atomic E-state index is 0.00727. The fourth-order valence-corrected chi connectivity index (χ4v) is 11.8. The zero-order chi connectivity index (χ0) is 64.2. The summed E-state index contributed by atoms with van der Waals surface area (Å²) < 4.78 is 101. The Balaban J connectivity index is 0.000000144. The summed E-state index contributed by atoms with van der Waals surface area (Å²) >= 11 is 5.88. The molecule has 11 heterocycles. The summed E-state index contributed by atoms with van der Waals surface area (Å²) in [7, 11) is 0. The molecule has 6 atom stereocenters. The predicted octanol–water partition coefficient (Wildman–Crippen LogP) is 8.25. The van der Waals surface area contributed by atoms with Crippen molar-refractivity contribution in [1.29, 1.82) is 0 Å². The van der Waals surface area contributed by atoms with Gasteiger partial charge >= 0.3 is 19.6 Å². The number of amides is 4. The number of halogens is 7. The van der Waals surface area contributed by atoms with E-state index in [2.05, 4.69) is 61.0 Å². The van der Waals surface area contributed by atoms with E-state index in [1.807, 2.05) is 67.3 Å². The number of ether oxygens (including phenoxy) is 3. The molecule has 0 radical (unpaired) electrons. The molecular formula is C61H67ClF6N16O7. The Labute approximate surface area is 522 Å². The second kappa shape index (κ2) is 27.6. The van der Waals surface area contributed by atoms with Gasteiger partial charge in [0.1, 0.15) is 59.0 Å². The number of rotatable bonds is 16. The maximum absolute atomic E-state index is 13.7. The van der Waals surface area contributed by atoms with Crippen molar-refractivity contribution >= 4 is 79.7 Å². The molecule has 6 aromatic heterocycles. The van der Waals surface area contributed by atoms with E-state index in [1.165, 1.54) is 6.07 Å². The van der Waals surface area contributed by atoms with E-state index in [-0.39, 0.29) is 98.5 Å². The SMILES string of the molecule is CC(=O)N1CCN(c2ccc(-c3cc4ncn(C(F)F)c4c(O[C@H](C)[C@H]4CNC(=O)C4)n3)cc2)CC1.C[C@@H](Oc1nc(-c2ccc(N3CCNCC3)cc2)cc2ncn(C(F)F)c12)[C@H]1CNC(=O)C1.C[C@@H](Oc1nc(Cl)cc2ncn(C(F)F)c12)[C@H]1CNC(=O)C1. The number of carbonyl (C=O) groups is 4. The molecule has 0 unspecified atom stereocenters. The average Bonchev–Trinajstić information content (AvgIpc) is 1.74. The molecule has 0 spiro atoms. The maximum atomic E-state index is 13.7. The van der Waals surface area contributed by atoms with E-state index in [1.54, 1.807) is 26.0 Å². The largest absolute Gasteiger partial charge is 0.473 e. The van der Waals surface area contributed by atoms with Gasteiger partial charge in [-0.15, -0.1) is 0 Å². The molecule has 30 heteroatoms. The Morgan fingerprint density at radius 2 is 0.868 bits per heavy atom. The molecule has 5 saturated heterocycles. The van der Waals surface area contributed by atoms with Crippen molar-refractivity contribution in [2.24, 2.45) is 17.8 Å². The van der Waals surface area contributed by atoms with Crippen LogP contribution in [-0.2, 0) is 19.2 Å². The van der Waals surface area contributed by atoms with Gasteiger partial charge in [0.15, 0.2) is 0 Å². The molecule has 5 aliphatic rings. The number of fused-ring (bicyclic) bond motifs is 3. The van der Waals surface area contributed by atoms with E-state index in [0.29, 0.717) is 79.0 Å². The van der Waals surface area contributed by atoms with Crippen molar-refractivity contribution in [3.05, 3.63) is 90.9 Å². The highest BCUT2D eigenvalue weighted by Crippen LogP contribution is 2.37. The van der Waals surface area contributed by atoms with E-state index < -0.39 is 25.8 Å². The van der Waals surface area contributed by atoms with Crippen LogP contribution in [0.25, 0.3) is 55.6 Å². The Hall–Kier alpha value is -8.99. The zero-order valence-corrected chi connectivity index (χ0v) is 50.8. The van der Waals surface area contributed by atoms with E-state index in [0.717, 1.165) is 89.9 Å². The normalized spacial score (nSPS) is 19.5. The maximum Gasteiger partial charge on any atom is 0.320 e. The highest BCUT2D eigenvalue weighted by molar-refractivity contribution is 6.30. The quantitative estimate of drug-likeness (QED) is 0.0525. The van der Waals surface area contributed by atoms with Gasteiger partial charge in [0.25, 0.3) is 0 Å². The molecular weight excluding hydrogens is 1220 g/mol. The minimum atomic E-state index is -2.79. The van der Waals surface area contributed by atoms with Gasteiger partial charge in [0.05, 0.1) is 27.9 Å². The molecule has 8 aromatic rings. The third kappa shape index (κ3) is 14.5. The zero-order valence-electron chi connectivity index (χ0n) is 50.0. The third-order valence-electron chi connectivity index (χ3n) is 17.0. The van der Waals surface area contributed by atoms with Gasteiger partial charge in [0.2, 0.25) is 41.3 Å². The first-order valence-electron chi connectivity index (χ1n) is 29.8. The lowest BCUT2D eigenvalue weighted by molar-refractivity contribution is -0.129. The second-order valence-corrected chi connectivity index (χ2v) is 23.3. The Kier molecular flexibility index (Phi) is 19.3. The van der Waals surface area contributed by atoms with Crippen molar-refractivity contribution in [2.75, 3.05) is 81.8 Å². The van der Waals surface area contributed by atoms with Crippen molar-refractivity contribution in [2.45, 2.75) is 84.9 Å². The topological polar surface area (TPSA) is 246 Å². The summed E-state index contributed by atoms with van der Waals surface area (Å²) in [6.45, 7) is 6.79. The fraction of sp³-hybridized carbons (Fsp3) is 0.443. The standard InChI is InChI=1S/C25H28F2N6O3.C23H26F2N6O2.C13H13ClF2N4O2/c1-15(18-11-22(35)28-13-18)36-24-23-21(29-14-33(23)25(26)27)12-20(30-24)17-3-5-19(6-4-17)32-9-7-31(8-10-32)16(2)34;1-14(16-10-20(32)27-12-16)33-22-21-19(28-13-31(21)23(24)25)11-18(29-22)15-2-4-17(5-3-15)30-8-6-26-7-9-30;1-6(7-2-10(21)17-4-7)22-12-11-8(3-9(14)19-12)18-5-20(11)13(15)16/h3-6,12,14-15,18,25H,7-11,13H2,1-2H3,(H,28,35);2-5,11,13-14,16,23,26H,6-10,12H2,1H3,(H,27,32);3,5-7,13H,2,4H2,1H3,(H,17,21)/t15-,18-;14-,16-;6-,7-/m111/s1. The number of piperazine rings is 2. The Bertz CT molecular complexity index is 3920. The first-order valence-corrected chi connectivity index (χ1v) is 30.2. The summed E-state index contributed by atoms with van der Waals surface area (Å²) in [4.78, 5) is 77.9. The van der Waals surface area contributed by atoms with Crippen molar-refractivity contribution in [1.82, 2.24) is 69.8 Å². The Morgan fingerprint density at radius 3 is 1.21 bits per heavy atom. The van der Waals surface area contributed by atoms with Crippen LogP contribution in [0.4, 0.5) is 37.7 Å². The number of hydrogen-bond donors (Lipinski definition) is 4. The fourth-order valence-electron chi connectivity index (χ4n) is 11.6. The van der Waals surface area contributed by atoms with Crippen LogP contribution in [0.2, 0.25) is 5.15 Å². The molecule has 0 aliphatic carbocycles. The van der Waals surface area contributed by atoms with Crippen molar-refractivity contribution < 1.29 is 59.7 Å². The van der Waals surface area contributed by atoms with Gasteiger partial charge in [-0.1, -0.05) is 35.9 Å². The summed E-state index contributed by atoms with van der Waals surface area (Å²) in [5.41, 5.74) is 6.33. The lowest BCUT2D eigenvalue weighted by Gasteiger charge is -2.35. The first kappa shape index (κ1) is 63.6. The van der Waals surface area contributed by atoms with Crippen LogP contribution in [0.1, 0.15) is 66.6 Å². The van der Waals surface area contributed by atoms with Gasteiger partial charge in [-0.2, -0.15) is 31.3 Å². The smallest absolute Gasteiger partial charge is 0.320 e. The van der Waals surface area contributed by atoms with Crippen LogP contribution in [0.15, 0.2) is 85.7 Å². The summed E-state index contributed by atoms with van der Waals surface area (Å²) in [5, 5.41) is 11.7. The van der Waals surface area contributed by atoms with E-state index >= 15 is 0 Å². The molecule has 482 valence electrons. The van der Waals surface area contributed by atoms with Crippen LogP contribution < -0.4 is 45.3 Å². The molecule has 4 N–H and O–H groups in total. The number of hydrogen-bond acceptors (Lipinski definition) is 16. The number of pyridine rings is 3. The highest BCUT2D eigenvalue weighted by atomic mass is 35.5. The van der Waals surface area contributed by atoms with Gasteiger partial charge < -0.3 is 50.2 Å². The number of nitrogens with zero attached hydrogens (tertiary/aromatic N) is 12. The number of nitrogens with one attached hydrogen (secondary N) is 4. The van der Waals surface area contributed by atoms with Crippen LogP contribution in [0.3, 0.4) is 0 Å². The predicted molar refractivity (Wildman–Crippen MR) is 325 cm³/mol. The molecule has 2 aromatic carbocycles. The van der Waals surface area contributed by atoms with Crippen LogP contribution >= 0.6 is 11.6 Å². The Morgan fingerprint density at radius 1 is 0.516 bits per heavy atom. The molecule has 91 heavy (non-hydrogen) atoms. The van der Waals surface area contributed by atoms with E-state index in [9.17, 15) is 45.5 Å². The lowest BCUT2D eigenvalue weighted by Crippen LogP contribution is -2.48. The number of benzene rings is 2. The molecule has 4 amide bonds. The van der Waals surface area contributed by atoms with Gasteiger partial charge in [0, 0.05) is 145 Å². The van der Waals surface area contributed by atoms with Crippen LogP contribution in [0, 0.1) is 17.8 Å². The number of imidazole rings is 3. The van der Waals surface area contributed by atoms with Crippen molar-refractivity contribution in [3.8, 4) is 40.2 Å². The third-order valence-corrected chi connectivity index (χ3v) is 17.2. The molecule has 5 aliphatic heterocycles. The second-order valence-electron chi connectivity index (χ2n) is 22.9. The molecule has 23 nitrogen and oxygen atoms in total. The lowest BCUT2D eigenvalue weighted by atomic mass is 10.0. The molecule has 0 bridgehead atoms. The number of carbonyl (C=O) groups excluding carboxylic acids is 4. The van der Waals surface area contributed by atoms with Gasteiger partial charge in [-0.25, -0.2) is 24.9 Å². The van der Waals surface area contributed by atoms with Gasteiger partial charge in [-0.3, -0.25) is 32.9 Å². The summed E-state index contributed by atoms with van der Waals surface area (Å²) in [6.07, 6.45) is 3.03. The highest BCUT2D eigenvalue weighted by Gasteiger charge is 2.33. The number of aromatic nitrogens is 9. The average molecular weight is 1290 g/mol. The van der Waals surface area contributed by atoms with Crippen LogP contribution in [0.5, 0.6) is 17.6 Å². The van der Waals surface area contributed by atoms with Crippen molar-refractivity contribution in [3.63, 3.8) is 0 Å². The first-order chi connectivity index (χ1) is 43.7. The van der Waals surface area contributed by atoms with Crippen LogP contribution in [-0.4, -0.2) is 162 Å². The molecule has 13 rings (SSSR count). The monoisotopic (exact) mass is 1280 g/mol. The molecule has 0 saturated carbocycles. The molecule has 5 fully saturated rings. The number of anilines is 2. The van der Waals surface area contributed by atoms with Gasteiger partial charge in [-0.05, 0) is 57.2 Å². The minimum Gasteiger partial charge on any atom is -0.473 e.